The maximum absolute atomic E-state index is 12.7. The summed E-state index contributed by atoms with van der Waals surface area (Å²) in [5.74, 6) is -5.34. The van der Waals surface area contributed by atoms with Crippen LogP contribution in [-0.4, -0.2) is 140 Å². The second-order valence-corrected chi connectivity index (χ2v) is 15.3. The Balaban J connectivity index is 0. The van der Waals surface area contributed by atoms with Gasteiger partial charge in [-0.1, -0.05) is 84.0 Å². The molecule has 0 aliphatic carbocycles. The Morgan fingerprint density at radius 1 is 0.695 bits per heavy atom. The summed E-state index contributed by atoms with van der Waals surface area (Å²) in [7, 11) is 0. The largest absolute Gasteiger partial charge is 0.490 e. The van der Waals surface area contributed by atoms with Crippen LogP contribution < -0.4 is 32.7 Å². The topological polar surface area (TPSA) is 265 Å². The Kier molecular flexibility index (Phi) is 40.2. The maximum atomic E-state index is 12.7. The van der Waals surface area contributed by atoms with Crippen molar-refractivity contribution in [3.05, 3.63) is 0 Å². The van der Waals surface area contributed by atoms with Gasteiger partial charge in [-0.3, -0.25) is 14.4 Å². The van der Waals surface area contributed by atoms with Gasteiger partial charge in [0, 0.05) is 17.9 Å². The van der Waals surface area contributed by atoms with Crippen LogP contribution in [0, 0.1) is 0 Å². The number of carboxylic acid groups (broad SMARTS) is 2. The number of aliphatic hydroxyl groups is 1. The highest BCUT2D eigenvalue weighted by molar-refractivity contribution is 7.99. The van der Waals surface area contributed by atoms with Crippen LogP contribution in [0.25, 0.3) is 0 Å². The molecule has 0 heterocycles. The molecular formula is C39H75F3N6O10S. The lowest BCUT2D eigenvalue weighted by atomic mass is 10.0. The fraction of sp³-hybridized carbons (Fsp3) is 0.872. The average molecular weight is 877 g/mol. The number of halogens is 3. The predicted molar refractivity (Wildman–Crippen MR) is 223 cm³/mol. The van der Waals surface area contributed by atoms with Gasteiger partial charge in [-0.05, 0) is 71.4 Å². The van der Waals surface area contributed by atoms with Crippen molar-refractivity contribution >= 4 is 41.5 Å². The monoisotopic (exact) mass is 877 g/mol. The van der Waals surface area contributed by atoms with Gasteiger partial charge in [0.05, 0.1) is 19.2 Å². The number of alkyl halides is 3. The minimum Gasteiger partial charge on any atom is -0.480 e. The number of amides is 1. The lowest BCUT2D eigenvalue weighted by molar-refractivity contribution is -0.192. The number of hydrogen-bond acceptors (Lipinski definition) is 14. The third-order valence-electron chi connectivity index (χ3n) is 8.68. The number of carbonyl (C=O) groups is 5. The maximum Gasteiger partial charge on any atom is 0.490 e. The number of aliphatic carboxylic acids is 2. The third-order valence-corrected chi connectivity index (χ3v) is 9.88. The van der Waals surface area contributed by atoms with Crippen LogP contribution >= 0.6 is 11.8 Å². The number of rotatable bonds is 39. The molecule has 3 atom stereocenters. The Hall–Kier alpha value is -2.75. The highest BCUT2D eigenvalue weighted by Crippen LogP contribution is 2.15. The van der Waals surface area contributed by atoms with Crippen molar-refractivity contribution in [2.24, 2.45) is 11.5 Å². The third kappa shape index (κ3) is 40.4. The predicted octanol–water partition coefficient (Wildman–Crippen LogP) is 3.47. The van der Waals surface area contributed by atoms with Gasteiger partial charge in [0.15, 0.2) is 0 Å². The molecule has 0 aromatic rings. The molecule has 20 heteroatoms. The van der Waals surface area contributed by atoms with E-state index in [1.165, 1.54) is 69.5 Å². The molecule has 59 heavy (non-hydrogen) atoms. The van der Waals surface area contributed by atoms with E-state index in [0.29, 0.717) is 13.1 Å². The highest BCUT2D eigenvalue weighted by Gasteiger charge is 2.38. The van der Waals surface area contributed by atoms with E-state index in [9.17, 15) is 32.3 Å². The van der Waals surface area contributed by atoms with Crippen LogP contribution in [0.5, 0.6) is 0 Å². The Morgan fingerprint density at radius 2 is 1.19 bits per heavy atom. The van der Waals surface area contributed by atoms with Crippen molar-refractivity contribution in [1.29, 1.82) is 0 Å². The van der Waals surface area contributed by atoms with Crippen molar-refractivity contribution in [3.8, 4) is 0 Å². The fourth-order valence-electron chi connectivity index (χ4n) is 5.26. The Labute approximate surface area is 353 Å². The lowest BCUT2D eigenvalue weighted by Crippen LogP contribution is -2.50. The molecule has 0 spiro atoms. The summed E-state index contributed by atoms with van der Waals surface area (Å²) in [5, 5.41) is 37.3. The first-order valence-electron chi connectivity index (χ1n) is 21.1. The molecule has 0 radical (unpaired) electrons. The van der Waals surface area contributed by atoms with Gasteiger partial charge in [-0.15, -0.1) is 0 Å². The molecule has 11 N–H and O–H groups in total. The summed E-state index contributed by atoms with van der Waals surface area (Å²) >= 11 is 1.23. The van der Waals surface area contributed by atoms with E-state index in [-0.39, 0.29) is 37.0 Å². The number of aliphatic hydroxyl groups excluding tert-OH is 1. The summed E-state index contributed by atoms with van der Waals surface area (Å²) in [6.07, 6.45) is 14.2. The van der Waals surface area contributed by atoms with Crippen molar-refractivity contribution in [1.82, 2.24) is 21.3 Å². The van der Waals surface area contributed by atoms with E-state index in [4.69, 9.17) is 41.1 Å². The summed E-state index contributed by atoms with van der Waals surface area (Å²) in [6, 6.07) is -2.50. The fourth-order valence-corrected chi connectivity index (χ4v) is 6.23. The zero-order chi connectivity index (χ0) is 44.6. The van der Waals surface area contributed by atoms with Gasteiger partial charge >= 0.3 is 30.1 Å². The smallest absolute Gasteiger partial charge is 0.480 e. The van der Waals surface area contributed by atoms with E-state index >= 15 is 0 Å². The first kappa shape index (κ1) is 58.3. The Bertz CT molecular complexity index is 1090. The highest BCUT2D eigenvalue weighted by atomic mass is 32.2. The first-order chi connectivity index (χ1) is 28.2. The van der Waals surface area contributed by atoms with Crippen LogP contribution in [0.4, 0.5) is 13.2 Å². The second-order valence-electron chi connectivity index (χ2n) is 14.2. The van der Waals surface area contributed by atoms with E-state index < -0.39 is 54.8 Å². The van der Waals surface area contributed by atoms with Crippen LogP contribution in [0.2, 0.25) is 0 Å². The van der Waals surface area contributed by atoms with Crippen LogP contribution in [0.1, 0.15) is 122 Å². The summed E-state index contributed by atoms with van der Waals surface area (Å²) in [5.41, 5.74) is 11.4. The van der Waals surface area contributed by atoms with Crippen molar-refractivity contribution in [2.45, 2.75) is 147 Å². The first-order valence-corrected chi connectivity index (χ1v) is 22.3. The van der Waals surface area contributed by atoms with Gasteiger partial charge in [0.1, 0.15) is 18.8 Å². The second kappa shape index (κ2) is 40.6. The number of hydrogen-bond donors (Lipinski definition) is 9. The van der Waals surface area contributed by atoms with Crippen molar-refractivity contribution < 1.29 is 61.9 Å². The van der Waals surface area contributed by atoms with E-state index in [1.807, 2.05) is 0 Å². The number of nitrogens with one attached hydrogen (secondary N) is 4. The number of esters is 2. The number of nitrogens with two attached hydrogens (primary N) is 2. The molecule has 0 bridgehead atoms. The minimum absolute atomic E-state index is 0.0296. The molecule has 0 saturated heterocycles. The van der Waals surface area contributed by atoms with Gasteiger partial charge in [-0.25, -0.2) is 9.59 Å². The van der Waals surface area contributed by atoms with Crippen molar-refractivity contribution in [3.63, 3.8) is 0 Å². The van der Waals surface area contributed by atoms with E-state index in [1.54, 1.807) is 0 Å². The van der Waals surface area contributed by atoms with Crippen LogP contribution in [-0.2, 0) is 33.4 Å². The SMILES string of the molecule is CCCCCCCCCCCCCCCC(=O)O[C@H](COC(=O)CNCCCNCCCCNCCCN)CSC[C@H](N)C(=O)N[C@@H](CO)C(=O)O.O=C(O)C(F)(F)F. The minimum atomic E-state index is -5.08. The molecule has 0 aromatic carbocycles. The van der Waals surface area contributed by atoms with Crippen LogP contribution in [0.15, 0.2) is 0 Å². The molecule has 16 nitrogen and oxygen atoms in total. The number of carbonyl (C=O) groups excluding carboxylic acids is 3. The summed E-state index contributed by atoms with van der Waals surface area (Å²) in [6.45, 7) is 6.47. The zero-order valence-electron chi connectivity index (χ0n) is 35.1. The van der Waals surface area contributed by atoms with Gasteiger partial charge < -0.3 is 57.5 Å². The molecule has 0 saturated carbocycles. The number of carboxylic acids is 2. The van der Waals surface area contributed by atoms with Gasteiger partial charge in [-0.2, -0.15) is 24.9 Å². The number of thioether (sulfide) groups is 1. The zero-order valence-corrected chi connectivity index (χ0v) is 36.0. The molecule has 348 valence electrons. The lowest BCUT2D eigenvalue weighted by Gasteiger charge is -2.20. The van der Waals surface area contributed by atoms with Gasteiger partial charge in [0.25, 0.3) is 0 Å². The van der Waals surface area contributed by atoms with Crippen LogP contribution in [0.3, 0.4) is 0 Å². The summed E-state index contributed by atoms with van der Waals surface area (Å²) in [4.78, 5) is 57.3. The molecule has 0 aliphatic rings. The van der Waals surface area contributed by atoms with E-state index in [2.05, 4.69) is 28.2 Å². The standard InChI is InChI=1S/C37H74N6O8S.C2HF3O2/c1-2-3-4-5-6-7-8-9-10-11-12-13-14-19-34(45)51-31(29-52-30-32(39)36(47)43-33(27-44)37(48)49)28-50-35(46)26-42-25-18-24-41-22-16-15-21-40-23-17-20-38;3-2(4,5)1(6)7/h31-33,40-42,44H,2-30,38-39H2,1H3,(H,43,47)(H,48,49);(H,6,7)/t31-,32+,33+;/m1./s1. The number of unbranched alkanes of at least 4 members (excludes halogenated alkanes) is 13. The van der Waals surface area contributed by atoms with E-state index in [0.717, 1.165) is 77.5 Å². The molecule has 0 unspecified atom stereocenters. The molecular weight excluding hydrogens is 802 g/mol. The molecule has 0 rings (SSSR count). The number of ether oxygens (including phenoxy) is 2. The Morgan fingerprint density at radius 3 is 1.68 bits per heavy atom. The average Bonchev–Trinajstić information content (AvgIpc) is 3.19. The molecule has 0 fully saturated rings. The molecule has 0 aliphatic heterocycles. The summed E-state index contributed by atoms with van der Waals surface area (Å²) < 4.78 is 42.8. The normalized spacial score (nSPS) is 12.8. The van der Waals surface area contributed by atoms with Crippen molar-refractivity contribution in [2.75, 3.05) is 70.5 Å². The molecule has 1 amide bonds. The molecule has 0 aromatic heterocycles. The quantitative estimate of drug-likeness (QED) is 0.0316. The van der Waals surface area contributed by atoms with Gasteiger partial charge in [0.2, 0.25) is 5.91 Å².